The molecule has 2 aromatic heterocycles. The molecular weight excluding hydrogens is 254 g/mol. The van der Waals surface area contributed by atoms with Crippen molar-refractivity contribution >= 4 is 5.91 Å². The molecule has 0 aromatic carbocycles. The number of nitrogens with one attached hydrogen (secondary N) is 2. The van der Waals surface area contributed by atoms with Crippen LogP contribution in [0.25, 0.3) is 0 Å². The van der Waals surface area contributed by atoms with E-state index in [1.165, 1.54) is 5.56 Å². The average molecular weight is 273 g/mol. The quantitative estimate of drug-likeness (QED) is 0.876. The second-order valence-corrected chi connectivity index (χ2v) is 5.43. The lowest BCUT2D eigenvalue weighted by atomic mass is 10.0. The van der Waals surface area contributed by atoms with E-state index in [2.05, 4.69) is 20.1 Å². The monoisotopic (exact) mass is 273 g/mol. The van der Waals surface area contributed by atoms with Crippen molar-refractivity contribution in [3.63, 3.8) is 0 Å². The molecule has 0 atom stereocenters. The van der Waals surface area contributed by atoms with Crippen LogP contribution in [0.4, 0.5) is 0 Å². The van der Waals surface area contributed by atoms with Gasteiger partial charge in [-0.15, -0.1) is 0 Å². The van der Waals surface area contributed by atoms with Crippen molar-refractivity contribution in [3.8, 4) is 0 Å². The average Bonchev–Trinajstić information content (AvgIpc) is 3.07. The molecule has 2 N–H and O–H groups in total. The van der Waals surface area contributed by atoms with E-state index in [0.717, 1.165) is 30.9 Å². The minimum Gasteiger partial charge on any atom is -0.357 e. The summed E-state index contributed by atoms with van der Waals surface area (Å²) in [5, 5.41) is 7.46. The fourth-order valence-corrected chi connectivity index (χ4v) is 2.62. The van der Waals surface area contributed by atoms with Crippen LogP contribution in [0.3, 0.4) is 0 Å². The smallest absolute Gasteiger partial charge is 0.270 e. The third-order valence-corrected chi connectivity index (χ3v) is 3.60. The second-order valence-electron chi connectivity index (χ2n) is 5.43. The molecule has 20 heavy (non-hydrogen) atoms. The highest BCUT2D eigenvalue weighted by atomic mass is 16.2. The summed E-state index contributed by atoms with van der Waals surface area (Å²) in [5.41, 5.74) is 4.07. The SMILES string of the molecule is CN(C)Cc1n[nH]c2c1CCN(C(=O)c1ccc[nH]1)C2. The molecule has 0 aliphatic carbocycles. The number of aromatic nitrogens is 3. The summed E-state index contributed by atoms with van der Waals surface area (Å²) in [6.45, 7) is 2.18. The van der Waals surface area contributed by atoms with Crippen LogP contribution in [0.2, 0.25) is 0 Å². The number of hydrogen-bond donors (Lipinski definition) is 2. The van der Waals surface area contributed by atoms with Crippen LogP contribution < -0.4 is 0 Å². The number of carbonyl (C=O) groups is 1. The lowest BCUT2D eigenvalue weighted by Crippen LogP contribution is -2.36. The van der Waals surface area contributed by atoms with Crippen LogP contribution in [-0.2, 0) is 19.5 Å². The van der Waals surface area contributed by atoms with E-state index in [1.807, 2.05) is 31.1 Å². The first-order valence-electron chi connectivity index (χ1n) is 6.77. The molecular formula is C14H19N5O. The lowest BCUT2D eigenvalue weighted by Gasteiger charge is -2.26. The Morgan fingerprint density at radius 3 is 3.05 bits per heavy atom. The largest absolute Gasteiger partial charge is 0.357 e. The molecule has 0 spiro atoms. The van der Waals surface area contributed by atoms with Gasteiger partial charge in [0.25, 0.3) is 5.91 Å². The highest BCUT2D eigenvalue weighted by Crippen LogP contribution is 2.22. The minimum absolute atomic E-state index is 0.0457. The molecule has 6 nitrogen and oxygen atoms in total. The molecule has 6 heteroatoms. The Hall–Kier alpha value is -2.08. The zero-order valence-electron chi connectivity index (χ0n) is 11.8. The van der Waals surface area contributed by atoms with Gasteiger partial charge in [0.05, 0.1) is 17.9 Å². The number of carbonyl (C=O) groups excluding carboxylic acids is 1. The maximum absolute atomic E-state index is 12.3. The van der Waals surface area contributed by atoms with Crippen LogP contribution in [0.5, 0.6) is 0 Å². The Kier molecular flexibility index (Phi) is 3.31. The zero-order chi connectivity index (χ0) is 14.1. The Balaban J connectivity index is 1.76. The molecule has 0 bridgehead atoms. The summed E-state index contributed by atoms with van der Waals surface area (Å²) in [6, 6.07) is 3.65. The van der Waals surface area contributed by atoms with E-state index in [0.29, 0.717) is 12.2 Å². The molecule has 106 valence electrons. The fraction of sp³-hybridized carbons (Fsp3) is 0.429. The first-order chi connectivity index (χ1) is 9.65. The summed E-state index contributed by atoms with van der Waals surface area (Å²) in [5.74, 6) is 0.0457. The first kappa shape index (κ1) is 12.9. The second kappa shape index (κ2) is 5.13. The Morgan fingerprint density at radius 2 is 2.35 bits per heavy atom. The molecule has 0 radical (unpaired) electrons. The standard InChI is InChI=1S/C14H19N5O/c1-18(2)8-12-10-5-7-19(9-13(10)17-16-12)14(20)11-4-3-6-15-11/h3-4,6,15H,5,7-9H2,1-2H3,(H,16,17). The Bertz CT molecular complexity index is 599. The molecule has 0 unspecified atom stereocenters. The third kappa shape index (κ3) is 2.34. The predicted octanol–water partition coefficient (Wildman–Crippen LogP) is 0.998. The minimum atomic E-state index is 0.0457. The van der Waals surface area contributed by atoms with Crippen molar-refractivity contribution in [2.75, 3.05) is 20.6 Å². The van der Waals surface area contributed by atoms with Gasteiger partial charge in [0.1, 0.15) is 5.69 Å². The molecule has 1 aliphatic heterocycles. The number of nitrogens with zero attached hydrogens (tertiary/aromatic N) is 3. The summed E-state index contributed by atoms with van der Waals surface area (Å²) < 4.78 is 0. The molecule has 0 fully saturated rings. The summed E-state index contributed by atoms with van der Waals surface area (Å²) >= 11 is 0. The number of H-pyrrole nitrogens is 2. The molecule has 3 heterocycles. The molecule has 0 saturated carbocycles. The van der Waals surface area contributed by atoms with Crippen LogP contribution in [-0.4, -0.2) is 51.5 Å². The number of fused-ring (bicyclic) bond motifs is 1. The predicted molar refractivity (Wildman–Crippen MR) is 75.2 cm³/mol. The van der Waals surface area contributed by atoms with Gasteiger partial charge in [0, 0.05) is 24.8 Å². The van der Waals surface area contributed by atoms with Gasteiger partial charge in [-0.25, -0.2) is 0 Å². The number of rotatable bonds is 3. The maximum atomic E-state index is 12.3. The van der Waals surface area contributed by atoms with Crippen LogP contribution in [0, 0.1) is 0 Å². The summed E-state index contributed by atoms with van der Waals surface area (Å²) in [6.07, 6.45) is 2.63. The van der Waals surface area contributed by atoms with Crippen LogP contribution in [0.1, 0.15) is 27.4 Å². The molecule has 1 amide bonds. The zero-order valence-corrected chi connectivity index (χ0v) is 11.8. The van der Waals surface area contributed by atoms with Gasteiger partial charge in [0.15, 0.2) is 0 Å². The van der Waals surface area contributed by atoms with Crippen LogP contribution in [0.15, 0.2) is 18.3 Å². The highest BCUT2D eigenvalue weighted by Gasteiger charge is 2.25. The van der Waals surface area contributed by atoms with Gasteiger partial charge in [-0.3, -0.25) is 9.89 Å². The van der Waals surface area contributed by atoms with Crippen molar-refractivity contribution in [2.45, 2.75) is 19.5 Å². The van der Waals surface area contributed by atoms with Gasteiger partial charge in [-0.05, 0) is 32.6 Å². The normalized spacial score (nSPS) is 14.7. The number of amides is 1. The van der Waals surface area contributed by atoms with E-state index >= 15 is 0 Å². The Labute approximate surface area is 117 Å². The van der Waals surface area contributed by atoms with Crippen LogP contribution >= 0.6 is 0 Å². The number of aromatic amines is 2. The van der Waals surface area contributed by atoms with Gasteiger partial charge < -0.3 is 14.8 Å². The highest BCUT2D eigenvalue weighted by molar-refractivity contribution is 5.92. The fourth-order valence-electron chi connectivity index (χ4n) is 2.62. The topological polar surface area (TPSA) is 68.0 Å². The first-order valence-corrected chi connectivity index (χ1v) is 6.77. The van der Waals surface area contributed by atoms with Gasteiger partial charge in [0.2, 0.25) is 0 Å². The van der Waals surface area contributed by atoms with E-state index in [-0.39, 0.29) is 5.91 Å². The van der Waals surface area contributed by atoms with Gasteiger partial charge >= 0.3 is 0 Å². The number of hydrogen-bond acceptors (Lipinski definition) is 3. The van der Waals surface area contributed by atoms with Crippen molar-refractivity contribution in [2.24, 2.45) is 0 Å². The molecule has 3 rings (SSSR count). The van der Waals surface area contributed by atoms with E-state index in [1.54, 1.807) is 6.20 Å². The molecule has 1 aliphatic rings. The van der Waals surface area contributed by atoms with Crippen molar-refractivity contribution in [1.29, 1.82) is 0 Å². The molecule has 2 aromatic rings. The van der Waals surface area contributed by atoms with E-state index < -0.39 is 0 Å². The maximum Gasteiger partial charge on any atom is 0.270 e. The summed E-state index contributed by atoms with van der Waals surface area (Å²) in [7, 11) is 4.07. The van der Waals surface area contributed by atoms with E-state index in [9.17, 15) is 4.79 Å². The lowest BCUT2D eigenvalue weighted by molar-refractivity contribution is 0.0727. The Morgan fingerprint density at radius 1 is 1.50 bits per heavy atom. The van der Waals surface area contributed by atoms with Crippen molar-refractivity contribution < 1.29 is 4.79 Å². The van der Waals surface area contributed by atoms with E-state index in [4.69, 9.17) is 0 Å². The molecule has 0 saturated heterocycles. The van der Waals surface area contributed by atoms with Gasteiger partial charge in [-0.2, -0.15) is 5.10 Å². The van der Waals surface area contributed by atoms with Crippen molar-refractivity contribution in [1.82, 2.24) is 25.0 Å². The van der Waals surface area contributed by atoms with Gasteiger partial charge in [-0.1, -0.05) is 0 Å². The van der Waals surface area contributed by atoms with Crippen molar-refractivity contribution in [3.05, 3.63) is 41.0 Å². The third-order valence-electron chi connectivity index (χ3n) is 3.60. The summed E-state index contributed by atoms with van der Waals surface area (Å²) in [4.78, 5) is 19.2.